The van der Waals surface area contributed by atoms with E-state index in [1.54, 1.807) is 6.20 Å². The average molecular weight is 1200 g/mol. The molecular formula is C39H41Br5F6N6O6. The molecule has 0 atom stereocenters. The normalized spacial score (nSPS) is 13.9. The van der Waals surface area contributed by atoms with Crippen molar-refractivity contribution in [2.45, 2.75) is 45.0 Å². The van der Waals surface area contributed by atoms with Crippen LogP contribution in [0.5, 0.6) is 0 Å². The Hall–Kier alpha value is -3.09. The zero-order valence-corrected chi connectivity index (χ0v) is 41.2. The molecule has 2 amide bonds. The lowest BCUT2D eigenvalue weighted by molar-refractivity contribution is -0.173. The van der Waals surface area contributed by atoms with Crippen molar-refractivity contribution in [3.63, 3.8) is 0 Å². The number of carbonyl (C=O) groups excluding carboxylic acids is 3. The number of carbonyl (C=O) groups is 3. The number of esters is 1. The fourth-order valence-corrected chi connectivity index (χ4v) is 5.69. The van der Waals surface area contributed by atoms with Gasteiger partial charge in [0.2, 0.25) is 0 Å². The average Bonchev–Trinajstić information content (AvgIpc) is 3.26. The lowest BCUT2D eigenvalue weighted by Gasteiger charge is -2.29. The van der Waals surface area contributed by atoms with Crippen molar-refractivity contribution in [3.8, 4) is 0 Å². The number of amides is 2. The smallest absolute Gasteiger partial charge is 0.384 e. The summed E-state index contributed by atoms with van der Waals surface area (Å²) < 4.78 is 100. The first-order valence-electron chi connectivity index (χ1n) is 18.4. The van der Waals surface area contributed by atoms with Gasteiger partial charge >= 0.3 is 23.7 Å². The highest BCUT2D eigenvalue weighted by atomic mass is 79.9. The zero-order valence-electron chi connectivity index (χ0n) is 33.3. The molecule has 4 aromatic heterocycles. The first-order valence-corrected chi connectivity index (χ1v) is 22.4. The highest BCUT2D eigenvalue weighted by Gasteiger charge is 2.47. The molecule has 0 unspecified atom stereocenters. The Labute approximate surface area is 396 Å². The molecule has 6 heterocycles. The van der Waals surface area contributed by atoms with Crippen molar-refractivity contribution < 1.29 is 54.9 Å². The van der Waals surface area contributed by atoms with Gasteiger partial charge in [0.15, 0.2) is 0 Å². The largest absolute Gasteiger partial charge is 0.461 e. The van der Waals surface area contributed by atoms with Crippen LogP contribution in [-0.2, 0) is 46.4 Å². The lowest BCUT2D eigenvalue weighted by Crippen LogP contribution is -2.47. The maximum atomic E-state index is 14.0. The van der Waals surface area contributed by atoms with Crippen molar-refractivity contribution in [2.75, 3.05) is 59.2 Å². The van der Waals surface area contributed by atoms with Gasteiger partial charge in [-0.25, -0.2) is 9.78 Å². The maximum absolute atomic E-state index is 14.0. The second kappa shape index (κ2) is 27.3. The van der Waals surface area contributed by atoms with E-state index in [-0.39, 0.29) is 59.2 Å². The fraction of sp³-hybridized carbons (Fsp3) is 0.410. The summed E-state index contributed by atoms with van der Waals surface area (Å²) in [7, 11) is 0. The number of halogens is 11. The molecule has 0 spiro atoms. The molecule has 0 aromatic carbocycles. The van der Waals surface area contributed by atoms with E-state index in [0.29, 0.717) is 13.4 Å². The Morgan fingerprint density at radius 3 is 1.11 bits per heavy atom. The van der Waals surface area contributed by atoms with Crippen LogP contribution in [0.15, 0.2) is 95.8 Å². The first-order chi connectivity index (χ1) is 29.2. The number of hydrogen-bond donors (Lipinski definition) is 0. The number of hydrogen-bond acceptors (Lipinski definition) is 10. The molecule has 2 aliphatic heterocycles. The maximum Gasteiger partial charge on any atom is 0.384 e. The molecule has 0 N–H and O–H groups in total. The van der Waals surface area contributed by atoms with Crippen LogP contribution < -0.4 is 0 Å². The third kappa shape index (κ3) is 17.8. The fourth-order valence-electron chi connectivity index (χ4n) is 4.52. The Kier molecular flexibility index (Phi) is 24.2. The molecule has 2 fully saturated rings. The second-order valence-corrected chi connectivity index (χ2v) is 16.8. The molecule has 23 heteroatoms. The number of ether oxygens (including phenoxy) is 3. The van der Waals surface area contributed by atoms with Gasteiger partial charge in [-0.3, -0.25) is 24.5 Å². The third-order valence-electron chi connectivity index (χ3n) is 7.50. The van der Waals surface area contributed by atoms with Crippen LogP contribution in [0.2, 0.25) is 0 Å². The lowest BCUT2D eigenvalue weighted by atomic mass is 10.2. The third-order valence-corrected chi connectivity index (χ3v) is 9.85. The summed E-state index contributed by atoms with van der Waals surface area (Å²) >= 11 is 15.7. The van der Waals surface area contributed by atoms with Crippen molar-refractivity contribution in [3.05, 3.63) is 113 Å². The quantitative estimate of drug-likeness (QED) is 0.0999. The van der Waals surface area contributed by atoms with E-state index in [0.717, 1.165) is 37.1 Å². The summed E-state index contributed by atoms with van der Waals surface area (Å²) in [6.07, 6.45) is 6.68. The summed E-state index contributed by atoms with van der Waals surface area (Å²) in [6.45, 7) is 7.51. The molecule has 340 valence electrons. The predicted octanol–water partition coefficient (Wildman–Crippen LogP) is 10.1. The standard InChI is InChI=1S/2C11H11BrF2N2O2.C9H8BrF2NO2.C5H3Br2N.C3H8/c2*12-8-1-2-9(15-7-8)11(13,14)10(17)16-3-5-18-6-4-16;1-2-15-8(14)9(11,12)7-4-3-6(10)5-13-7;6-4-1-2-5(7)8-3-4;1-3-2/h2*1-2,7H,3-6H2;3-5H,2H2,1H3;1-3H;3H2,1-2H3. The van der Waals surface area contributed by atoms with Gasteiger partial charge in [-0.15, -0.1) is 0 Å². The van der Waals surface area contributed by atoms with Crippen LogP contribution in [0.4, 0.5) is 26.3 Å². The van der Waals surface area contributed by atoms with Gasteiger partial charge in [-0.1, -0.05) is 20.3 Å². The van der Waals surface area contributed by atoms with Crippen LogP contribution in [0.1, 0.15) is 44.3 Å². The summed E-state index contributed by atoms with van der Waals surface area (Å²) in [5.41, 5.74) is -1.70. The van der Waals surface area contributed by atoms with Crippen molar-refractivity contribution in [1.29, 1.82) is 0 Å². The Balaban J connectivity index is 0.000000287. The van der Waals surface area contributed by atoms with Gasteiger partial charge in [0.25, 0.3) is 11.8 Å². The van der Waals surface area contributed by atoms with Crippen LogP contribution >= 0.6 is 79.6 Å². The van der Waals surface area contributed by atoms with Gasteiger partial charge in [-0.05, 0) is 135 Å². The molecule has 2 saturated heterocycles. The van der Waals surface area contributed by atoms with E-state index in [4.69, 9.17) is 9.47 Å². The molecule has 0 bridgehead atoms. The topological polar surface area (TPSA) is 137 Å². The molecule has 62 heavy (non-hydrogen) atoms. The number of morpholine rings is 2. The van der Waals surface area contributed by atoms with Crippen molar-refractivity contribution in [2.24, 2.45) is 0 Å². The zero-order chi connectivity index (χ0) is 46.5. The molecule has 0 aliphatic carbocycles. The minimum atomic E-state index is -3.70. The van der Waals surface area contributed by atoms with Gasteiger partial charge in [0, 0.05) is 68.9 Å². The van der Waals surface area contributed by atoms with E-state index in [1.807, 2.05) is 12.1 Å². The number of aromatic nitrogens is 4. The van der Waals surface area contributed by atoms with E-state index in [9.17, 15) is 40.7 Å². The van der Waals surface area contributed by atoms with Crippen LogP contribution in [-0.4, -0.2) is 107 Å². The SMILES string of the molecule is Brc1ccc(Br)nc1.CCC.CCOC(=O)C(F)(F)c1ccc(Br)cn1.O=C(N1CCOCC1)C(F)(F)c1ccc(Br)cn1.O=C(N1CCOCC1)C(F)(F)c1ccc(Br)cn1. The first kappa shape index (κ1) is 55.0. The molecule has 0 radical (unpaired) electrons. The number of alkyl halides is 6. The summed E-state index contributed by atoms with van der Waals surface area (Å²) in [5.74, 6) is -14.9. The van der Waals surface area contributed by atoms with Crippen LogP contribution in [0.3, 0.4) is 0 Å². The van der Waals surface area contributed by atoms with E-state index < -0.39 is 52.6 Å². The van der Waals surface area contributed by atoms with E-state index in [2.05, 4.69) is 118 Å². The minimum Gasteiger partial charge on any atom is -0.461 e. The Morgan fingerprint density at radius 1 is 0.548 bits per heavy atom. The molecule has 12 nitrogen and oxygen atoms in total. The Bertz CT molecular complexity index is 1860. The van der Waals surface area contributed by atoms with Crippen LogP contribution in [0, 0.1) is 0 Å². The highest BCUT2D eigenvalue weighted by molar-refractivity contribution is 9.11. The van der Waals surface area contributed by atoms with Gasteiger partial charge in [0.05, 0.1) is 33.0 Å². The minimum absolute atomic E-state index is 0.0923. The molecule has 4 aromatic rings. The monoisotopic (exact) mass is 1200 g/mol. The Morgan fingerprint density at radius 2 is 0.855 bits per heavy atom. The van der Waals surface area contributed by atoms with Gasteiger partial charge in [-0.2, -0.15) is 26.3 Å². The number of nitrogens with zero attached hydrogens (tertiary/aromatic N) is 6. The highest BCUT2D eigenvalue weighted by Crippen LogP contribution is 2.31. The summed E-state index contributed by atoms with van der Waals surface area (Å²) in [5, 5.41) is 0. The number of rotatable bonds is 7. The van der Waals surface area contributed by atoms with Crippen LogP contribution in [0.25, 0.3) is 0 Å². The predicted molar refractivity (Wildman–Crippen MR) is 235 cm³/mol. The molecule has 0 saturated carbocycles. The van der Waals surface area contributed by atoms with Crippen molar-refractivity contribution >= 4 is 97.4 Å². The van der Waals surface area contributed by atoms with Crippen molar-refractivity contribution in [1.82, 2.24) is 29.7 Å². The van der Waals surface area contributed by atoms with E-state index >= 15 is 0 Å². The van der Waals surface area contributed by atoms with Gasteiger partial charge in [0.1, 0.15) is 21.7 Å². The van der Waals surface area contributed by atoms with E-state index in [1.165, 1.54) is 50.1 Å². The molecule has 6 rings (SSSR count). The molecule has 2 aliphatic rings. The summed E-state index contributed by atoms with van der Waals surface area (Å²) in [4.78, 5) is 51.3. The number of pyridine rings is 4. The van der Waals surface area contributed by atoms with Gasteiger partial charge < -0.3 is 24.0 Å². The molecular weight excluding hydrogens is 1160 g/mol. The summed E-state index contributed by atoms with van der Waals surface area (Å²) in [6, 6.07) is 11.4. The second-order valence-electron chi connectivity index (χ2n) is 12.3.